The van der Waals surface area contributed by atoms with Crippen molar-refractivity contribution in [1.82, 2.24) is 10.3 Å². The van der Waals surface area contributed by atoms with Gasteiger partial charge in [-0.15, -0.1) is 23.7 Å². The molecule has 24 heavy (non-hydrogen) atoms. The van der Waals surface area contributed by atoms with E-state index in [1.807, 2.05) is 13.0 Å². The summed E-state index contributed by atoms with van der Waals surface area (Å²) in [5.41, 5.74) is 7.28. The van der Waals surface area contributed by atoms with Crippen molar-refractivity contribution < 1.29 is 4.79 Å². The molecule has 1 atom stereocenters. The van der Waals surface area contributed by atoms with E-state index in [1.54, 1.807) is 5.38 Å². The normalized spacial score (nSPS) is 12.3. The maximum Gasteiger partial charge on any atom is 0.270 e. The van der Waals surface area contributed by atoms with Crippen molar-refractivity contribution in [1.29, 1.82) is 0 Å². The van der Waals surface area contributed by atoms with E-state index in [0.29, 0.717) is 18.7 Å². The van der Waals surface area contributed by atoms with E-state index in [-0.39, 0.29) is 29.8 Å². The molecule has 2 aromatic rings. The van der Waals surface area contributed by atoms with Crippen molar-refractivity contribution in [2.75, 3.05) is 6.54 Å². The van der Waals surface area contributed by atoms with Gasteiger partial charge in [-0.1, -0.05) is 44.2 Å². The summed E-state index contributed by atoms with van der Waals surface area (Å²) in [5, 5.41) is 5.76. The molecular weight excluding hydrogens is 342 g/mol. The van der Waals surface area contributed by atoms with Crippen LogP contribution in [0.5, 0.6) is 0 Å². The van der Waals surface area contributed by atoms with Crippen molar-refractivity contribution in [3.8, 4) is 0 Å². The van der Waals surface area contributed by atoms with Gasteiger partial charge in [0.25, 0.3) is 5.91 Å². The molecule has 0 aliphatic heterocycles. The molecule has 3 N–H and O–H groups in total. The van der Waals surface area contributed by atoms with Crippen molar-refractivity contribution in [3.05, 3.63) is 52.0 Å². The van der Waals surface area contributed by atoms with Gasteiger partial charge in [-0.05, 0) is 30.9 Å². The lowest BCUT2D eigenvalue weighted by atomic mass is 9.79. The van der Waals surface area contributed by atoms with Gasteiger partial charge < -0.3 is 11.1 Å². The van der Waals surface area contributed by atoms with E-state index in [4.69, 9.17) is 5.73 Å². The number of halogens is 1. The van der Waals surface area contributed by atoms with Gasteiger partial charge in [0.1, 0.15) is 5.69 Å². The second-order valence-corrected chi connectivity index (χ2v) is 7.44. The molecule has 132 valence electrons. The van der Waals surface area contributed by atoms with Crippen molar-refractivity contribution >= 4 is 29.7 Å². The summed E-state index contributed by atoms with van der Waals surface area (Å²) in [5.74, 6) is -0.110. The van der Waals surface area contributed by atoms with Crippen LogP contribution >= 0.6 is 23.7 Å². The number of rotatable bonds is 7. The summed E-state index contributed by atoms with van der Waals surface area (Å²) in [6.45, 7) is 6.99. The number of hydrogen-bond donors (Lipinski definition) is 2. The Bertz CT molecular complexity index is 643. The lowest BCUT2D eigenvalue weighted by Crippen LogP contribution is -2.37. The molecule has 4 nitrogen and oxygen atoms in total. The third-order valence-corrected chi connectivity index (χ3v) is 4.80. The van der Waals surface area contributed by atoms with Gasteiger partial charge in [0, 0.05) is 17.8 Å². The van der Waals surface area contributed by atoms with Crippen molar-refractivity contribution in [3.63, 3.8) is 0 Å². The predicted octanol–water partition coefficient (Wildman–Crippen LogP) is 3.55. The number of hydrogen-bond acceptors (Lipinski definition) is 4. The van der Waals surface area contributed by atoms with Crippen molar-refractivity contribution in [2.24, 2.45) is 5.73 Å². The van der Waals surface area contributed by atoms with Gasteiger partial charge in [0.05, 0.1) is 5.01 Å². The Morgan fingerprint density at radius 1 is 1.33 bits per heavy atom. The fourth-order valence-corrected chi connectivity index (χ4v) is 3.57. The molecule has 0 radical (unpaired) electrons. The molecule has 0 fully saturated rings. The average Bonchev–Trinajstić information content (AvgIpc) is 2.97. The van der Waals surface area contributed by atoms with Gasteiger partial charge in [-0.25, -0.2) is 4.98 Å². The summed E-state index contributed by atoms with van der Waals surface area (Å²) < 4.78 is 0. The zero-order valence-corrected chi connectivity index (χ0v) is 16.0. The number of nitrogens with zero attached hydrogens (tertiary/aromatic N) is 1. The van der Waals surface area contributed by atoms with E-state index in [0.717, 1.165) is 11.4 Å². The lowest BCUT2D eigenvalue weighted by molar-refractivity contribution is 0.0930. The summed E-state index contributed by atoms with van der Waals surface area (Å²) in [4.78, 5) is 16.6. The van der Waals surface area contributed by atoms with Gasteiger partial charge >= 0.3 is 0 Å². The second-order valence-electron chi connectivity index (χ2n) is 6.49. The number of carbonyl (C=O) groups excluding carboxylic acids is 1. The van der Waals surface area contributed by atoms with Crippen LogP contribution in [0.3, 0.4) is 0 Å². The highest BCUT2D eigenvalue weighted by molar-refractivity contribution is 7.09. The van der Waals surface area contributed by atoms with Crippen LogP contribution in [0.15, 0.2) is 35.7 Å². The number of benzene rings is 1. The SMILES string of the molecule is CC(CC(C)(C)c1ccccc1)NC(=O)c1csc(CCN)n1.Cl. The minimum absolute atomic E-state index is 0. The molecule has 0 aliphatic carbocycles. The van der Waals surface area contributed by atoms with Crippen LogP contribution < -0.4 is 11.1 Å². The van der Waals surface area contributed by atoms with Crippen molar-refractivity contribution in [2.45, 2.75) is 45.1 Å². The first-order chi connectivity index (χ1) is 10.9. The van der Waals surface area contributed by atoms with E-state index in [9.17, 15) is 4.79 Å². The molecule has 0 saturated carbocycles. The summed E-state index contributed by atoms with van der Waals surface area (Å²) in [6, 6.07) is 10.5. The summed E-state index contributed by atoms with van der Waals surface area (Å²) in [7, 11) is 0. The molecule has 1 unspecified atom stereocenters. The molecule has 0 bridgehead atoms. The fraction of sp³-hybridized carbons (Fsp3) is 0.444. The van der Waals surface area contributed by atoms with Crippen LogP contribution in [0.2, 0.25) is 0 Å². The monoisotopic (exact) mass is 367 g/mol. The Kier molecular flexibility index (Phi) is 7.87. The number of amides is 1. The quantitative estimate of drug-likeness (QED) is 0.786. The van der Waals surface area contributed by atoms with Gasteiger partial charge in [0.15, 0.2) is 0 Å². The summed E-state index contributed by atoms with van der Waals surface area (Å²) in [6.07, 6.45) is 1.58. The predicted molar refractivity (Wildman–Crippen MR) is 103 cm³/mol. The maximum atomic E-state index is 12.3. The Morgan fingerprint density at radius 3 is 2.62 bits per heavy atom. The first-order valence-electron chi connectivity index (χ1n) is 7.93. The minimum Gasteiger partial charge on any atom is -0.348 e. The number of thiazole rings is 1. The highest BCUT2D eigenvalue weighted by atomic mass is 35.5. The first-order valence-corrected chi connectivity index (χ1v) is 8.81. The standard InChI is InChI=1S/C18H25N3OS.ClH/c1-13(11-18(2,3)14-7-5-4-6-8-14)20-17(22)15-12-23-16(21-15)9-10-19;/h4-8,12-13H,9-11,19H2,1-3H3,(H,20,22);1H. The van der Waals surface area contributed by atoms with E-state index < -0.39 is 0 Å². The molecule has 0 spiro atoms. The Morgan fingerprint density at radius 2 is 2.00 bits per heavy atom. The number of carbonyl (C=O) groups is 1. The topological polar surface area (TPSA) is 68.0 Å². The van der Waals surface area contributed by atoms with Crippen LogP contribution in [0.25, 0.3) is 0 Å². The molecule has 1 aromatic carbocycles. The largest absolute Gasteiger partial charge is 0.348 e. The fourth-order valence-electron chi connectivity index (χ4n) is 2.77. The minimum atomic E-state index is -0.110. The molecule has 0 saturated heterocycles. The average molecular weight is 368 g/mol. The molecule has 1 heterocycles. The van der Waals surface area contributed by atoms with Crippen LogP contribution in [0.1, 0.15) is 48.3 Å². The van der Waals surface area contributed by atoms with Crippen LogP contribution in [-0.2, 0) is 11.8 Å². The molecular formula is C18H26ClN3OS. The second kappa shape index (κ2) is 9.16. The third kappa shape index (κ3) is 5.58. The lowest BCUT2D eigenvalue weighted by Gasteiger charge is -2.29. The van der Waals surface area contributed by atoms with Gasteiger partial charge in [0.2, 0.25) is 0 Å². The Hall–Kier alpha value is -1.43. The highest BCUT2D eigenvalue weighted by Crippen LogP contribution is 2.28. The Balaban J connectivity index is 0.00000288. The number of nitrogens with two attached hydrogens (primary N) is 1. The highest BCUT2D eigenvalue weighted by Gasteiger charge is 2.24. The van der Waals surface area contributed by atoms with Gasteiger partial charge in [-0.3, -0.25) is 4.79 Å². The molecule has 2 rings (SSSR count). The van der Waals surface area contributed by atoms with E-state index in [2.05, 4.69) is 48.4 Å². The molecule has 1 amide bonds. The van der Waals surface area contributed by atoms with Crippen LogP contribution in [0, 0.1) is 0 Å². The Labute approximate surface area is 154 Å². The van der Waals surface area contributed by atoms with Crippen LogP contribution in [0.4, 0.5) is 0 Å². The van der Waals surface area contributed by atoms with Crippen LogP contribution in [-0.4, -0.2) is 23.5 Å². The zero-order chi connectivity index (χ0) is 16.9. The number of aromatic nitrogens is 1. The zero-order valence-electron chi connectivity index (χ0n) is 14.4. The van der Waals surface area contributed by atoms with E-state index >= 15 is 0 Å². The summed E-state index contributed by atoms with van der Waals surface area (Å²) >= 11 is 1.49. The van der Waals surface area contributed by atoms with E-state index in [1.165, 1.54) is 16.9 Å². The third-order valence-electron chi connectivity index (χ3n) is 3.89. The molecule has 1 aromatic heterocycles. The molecule has 6 heteroatoms. The smallest absolute Gasteiger partial charge is 0.270 e. The maximum absolute atomic E-state index is 12.3. The molecule has 0 aliphatic rings. The first kappa shape index (κ1) is 20.6. The number of nitrogens with one attached hydrogen (secondary N) is 1. The van der Waals surface area contributed by atoms with Gasteiger partial charge in [-0.2, -0.15) is 0 Å².